The SMILES string of the molecule is Cc1ccc(-c2nc3ccccc3s2)cc1NC(=O)c1ccc(C)c([N+](=O)[O-])c1. The molecule has 1 aromatic heterocycles. The molecule has 0 aliphatic carbocycles. The van der Waals surface area contributed by atoms with E-state index in [2.05, 4.69) is 10.3 Å². The molecule has 0 atom stereocenters. The van der Waals surface area contributed by atoms with Gasteiger partial charge in [0.15, 0.2) is 0 Å². The number of rotatable bonds is 4. The Kier molecular flexibility index (Phi) is 4.82. The molecular formula is C22H17N3O3S. The zero-order valence-corrected chi connectivity index (χ0v) is 16.6. The lowest BCUT2D eigenvalue weighted by molar-refractivity contribution is -0.385. The number of anilines is 1. The second kappa shape index (κ2) is 7.44. The summed E-state index contributed by atoms with van der Waals surface area (Å²) in [6, 6.07) is 18.2. The maximum Gasteiger partial charge on any atom is 0.273 e. The molecule has 0 aliphatic heterocycles. The predicted octanol–water partition coefficient (Wildman–Crippen LogP) is 5.74. The zero-order valence-electron chi connectivity index (χ0n) is 15.8. The van der Waals surface area contributed by atoms with E-state index in [0.29, 0.717) is 11.3 Å². The second-order valence-electron chi connectivity index (χ2n) is 6.73. The van der Waals surface area contributed by atoms with Gasteiger partial charge in [-0.1, -0.05) is 30.3 Å². The summed E-state index contributed by atoms with van der Waals surface area (Å²) in [5, 5.41) is 14.9. The molecule has 7 heteroatoms. The molecule has 4 aromatic rings. The number of nitro benzene ring substituents is 1. The van der Waals surface area contributed by atoms with E-state index in [1.807, 2.05) is 49.4 Å². The van der Waals surface area contributed by atoms with Crippen LogP contribution in [0.15, 0.2) is 60.7 Å². The molecule has 0 saturated heterocycles. The average molecular weight is 403 g/mol. The average Bonchev–Trinajstić information content (AvgIpc) is 3.14. The third-order valence-corrected chi connectivity index (χ3v) is 5.78. The van der Waals surface area contributed by atoms with Gasteiger partial charge < -0.3 is 5.32 Å². The molecule has 0 radical (unpaired) electrons. The molecule has 0 bridgehead atoms. The van der Waals surface area contributed by atoms with Gasteiger partial charge in [0.05, 0.1) is 15.1 Å². The number of nitrogens with zero attached hydrogens (tertiary/aromatic N) is 2. The first-order valence-corrected chi connectivity index (χ1v) is 9.77. The van der Waals surface area contributed by atoms with Crippen molar-refractivity contribution >= 4 is 38.8 Å². The number of para-hydroxylation sites is 1. The molecule has 0 fully saturated rings. The Morgan fingerprint density at radius 2 is 1.79 bits per heavy atom. The van der Waals surface area contributed by atoms with Crippen molar-refractivity contribution in [3.05, 3.63) is 87.5 Å². The largest absolute Gasteiger partial charge is 0.322 e. The van der Waals surface area contributed by atoms with Crippen molar-refractivity contribution < 1.29 is 9.72 Å². The van der Waals surface area contributed by atoms with Crippen molar-refractivity contribution in [1.29, 1.82) is 0 Å². The Balaban J connectivity index is 1.65. The maximum absolute atomic E-state index is 12.7. The van der Waals surface area contributed by atoms with Gasteiger partial charge in [-0.15, -0.1) is 11.3 Å². The van der Waals surface area contributed by atoms with Crippen molar-refractivity contribution in [2.24, 2.45) is 0 Å². The van der Waals surface area contributed by atoms with Crippen LogP contribution in [-0.4, -0.2) is 15.8 Å². The third kappa shape index (κ3) is 3.72. The van der Waals surface area contributed by atoms with Gasteiger partial charge in [0.25, 0.3) is 11.6 Å². The molecule has 6 nitrogen and oxygen atoms in total. The standard InChI is InChI=1S/C22H17N3O3S/c1-13-7-10-16(22-24-17-5-3-4-6-20(17)29-22)11-18(13)23-21(26)15-9-8-14(2)19(12-15)25(27)28/h3-12H,1-2H3,(H,23,26). The van der Waals surface area contributed by atoms with Crippen LogP contribution in [0.5, 0.6) is 0 Å². The fourth-order valence-electron chi connectivity index (χ4n) is 3.03. The normalized spacial score (nSPS) is 10.8. The highest BCUT2D eigenvalue weighted by molar-refractivity contribution is 7.21. The maximum atomic E-state index is 12.7. The summed E-state index contributed by atoms with van der Waals surface area (Å²) in [5.74, 6) is -0.391. The molecule has 1 heterocycles. The van der Waals surface area contributed by atoms with Crippen molar-refractivity contribution in [1.82, 2.24) is 4.98 Å². The van der Waals surface area contributed by atoms with Crippen LogP contribution in [0.4, 0.5) is 11.4 Å². The molecule has 1 amide bonds. The van der Waals surface area contributed by atoms with Crippen molar-refractivity contribution in [3.8, 4) is 10.6 Å². The monoisotopic (exact) mass is 403 g/mol. The van der Waals surface area contributed by atoms with Crippen LogP contribution in [0.25, 0.3) is 20.8 Å². The van der Waals surface area contributed by atoms with Crippen LogP contribution in [0.1, 0.15) is 21.5 Å². The lowest BCUT2D eigenvalue weighted by Gasteiger charge is -2.10. The molecule has 4 rings (SSSR count). The predicted molar refractivity (Wildman–Crippen MR) is 116 cm³/mol. The number of carbonyl (C=O) groups excluding carboxylic acids is 1. The number of nitrogens with one attached hydrogen (secondary N) is 1. The Hall–Kier alpha value is -3.58. The van der Waals surface area contributed by atoms with Crippen molar-refractivity contribution in [2.75, 3.05) is 5.32 Å². The summed E-state index contributed by atoms with van der Waals surface area (Å²) in [6.07, 6.45) is 0. The van der Waals surface area contributed by atoms with Gasteiger partial charge in [0, 0.05) is 28.4 Å². The van der Waals surface area contributed by atoms with E-state index in [1.54, 1.807) is 30.4 Å². The number of benzene rings is 3. The minimum atomic E-state index is -0.481. The Morgan fingerprint density at radius 1 is 1.03 bits per heavy atom. The van der Waals surface area contributed by atoms with Crippen molar-refractivity contribution in [2.45, 2.75) is 13.8 Å². The van der Waals surface area contributed by atoms with Gasteiger partial charge in [0.1, 0.15) is 5.01 Å². The van der Waals surface area contributed by atoms with E-state index in [4.69, 9.17) is 0 Å². The van der Waals surface area contributed by atoms with E-state index in [1.165, 1.54) is 6.07 Å². The Labute approximate surface area is 171 Å². The van der Waals surface area contributed by atoms with Crippen LogP contribution in [0, 0.1) is 24.0 Å². The van der Waals surface area contributed by atoms with E-state index < -0.39 is 10.8 Å². The second-order valence-corrected chi connectivity index (χ2v) is 7.76. The quantitative estimate of drug-likeness (QED) is 0.348. The van der Waals surface area contributed by atoms with Gasteiger partial charge in [0.2, 0.25) is 0 Å². The number of thiazole rings is 1. The van der Waals surface area contributed by atoms with Crippen LogP contribution in [0.2, 0.25) is 0 Å². The number of hydrogen-bond acceptors (Lipinski definition) is 5. The van der Waals surface area contributed by atoms with Crippen molar-refractivity contribution in [3.63, 3.8) is 0 Å². The smallest absolute Gasteiger partial charge is 0.273 e. The Morgan fingerprint density at radius 3 is 2.55 bits per heavy atom. The number of fused-ring (bicyclic) bond motifs is 1. The molecule has 144 valence electrons. The van der Waals surface area contributed by atoms with E-state index in [9.17, 15) is 14.9 Å². The summed E-state index contributed by atoms with van der Waals surface area (Å²) in [5.41, 5.74) is 4.07. The summed E-state index contributed by atoms with van der Waals surface area (Å²) >= 11 is 1.59. The first-order chi connectivity index (χ1) is 13.9. The molecule has 1 N–H and O–H groups in total. The summed E-state index contributed by atoms with van der Waals surface area (Å²) in [7, 11) is 0. The number of hydrogen-bond donors (Lipinski definition) is 1. The molecular weight excluding hydrogens is 386 g/mol. The molecule has 0 saturated carbocycles. The molecule has 0 spiro atoms. The van der Waals surface area contributed by atoms with Crippen LogP contribution in [-0.2, 0) is 0 Å². The molecule has 0 unspecified atom stereocenters. The van der Waals surface area contributed by atoms with Crippen LogP contribution in [0.3, 0.4) is 0 Å². The molecule has 3 aromatic carbocycles. The van der Waals surface area contributed by atoms with Crippen LogP contribution < -0.4 is 5.32 Å². The number of amides is 1. The highest BCUT2D eigenvalue weighted by atomic mass is 32.1. The Bertz CT molecular complexity index is 1230. The molecule has 0 aliphatic rings. The number of carbonyl (C=O) groups is 1. The topological polar surface area (TPSA) is 85.1 Å². The third-order valence-electron chi connectivity index (χ3n) is 4.69. The minimum Gasteiger partial charge on any atom is -0.322 e. The van der Waals surface area contributed by atoms with Gasteiger partial charge in [-0.2, -0.15) is 0 Å². The number of nitro groups is 1. The highest BCUT2D eigenvalue weighted by Gasteiger charge is 2.16. The summed E-state index contributed by atoms with van der Waals surface area (Å²) in [4.78, 5) is 28.0. The van der Waals surface area contributed by atoms with Gasteiger partial charge >= 0.3 is 0 Å². The lowest BCUT2D eigenvalue weighted by Crippen LogP contribution is -2.13. The van der Waals surface area contributed by atoms with Gasteiger partial charge in [-0.05, 0) is 43.7 Å². The molecule has 29 heavy (non-hydrogen) atoms. The number of aromatic nitrogens is 1. The number of aryl methyl sites for hydroxylation is 2. The van der Waals surface area contributed by atoms with E-state index >= 15 is 0 Å². The van der Waals surface area contributed by atoms with E-state index in [0.717, 1.165) is 26.4 Å². The first kappa shape index (κ1) is 18.8. The van der Waals surface area contributed by atoms with Gasteiger partial charge in [-0.3, -0.25) is 14.9 Å². The van der Waals surface area contributed by atoms with Crippen LogP contribution >= 0.6 is 11.3 Å². The lowest BCUT2D eigenvalue weighted by atomic mass is 10.1. The summed E-state index contributed by atoms with van der Waals surface area (Å²) in [6.45, 7) is 3.54. The van der Waals surface area contributed by atoms with E-state index in [-0.39, 0.29) is 11.3 Å². The highest BCUT2D eigenvalue weighted by Crippen LogP contribution is 2.32. The first-order valence-electron chi connectivity index (χ1n) is 8.95. The van der Waals surface area contributed by atoms with Gasteiger partial charge in [-0.25, -0.2) is 4.98 Å². The fraction of sp³-hybridized carbons (Fsp3) is 0.0909. The zero-order chi connectivity index (χ0) is 20.5. The minimum absolute atomic E-state index is 0.0717. The summed E-state index contributed by atoms with van der Waals surface area (Å²) < 4.78 is 1.10. The fourth-order valence-corrected chi connectivity index (χ4v) is 3.99.